The van der Waals surface area contributed by atoms with Gasteiger partial charge in [0, 0.05) is 25.5 Å². The Morgan fingerprint density at radius 1 is 1.03 bits per heavy atom. The fourth-order valence-corrected chi connectivity index (χ4v) is 3.99. The number of para-hydroxylation sites is 1. The second-order valence-corrected chi connectivity index (χ2v) is 8.34. The summed E-state index contributed by atoms with van der Waals surface area (Å²) in [5.74, 6) is 0.628. The Balaban J connectivity index is 1.26. The van der Waals surface area contributed by atoms with Gasteiger partial charge in [-0.2, -0.15) is 5.10 Å². The third-order valence-electron chi connectivity index (χ3n) is 5.80. The van der Waals surface area contributed by atoms with Crippen LogP contribution in [0.15, 0.2) is 67.0 Å². The van der Waals surface area contributed by atoms with Crippen molar-refractivity contribution in [3.63, 3.8) is 0 Å². The van der Waals surface area contributed by atoms with E-state index in [1.54, 1.807) is 24.4 Å². The number of halogens is 1. The zero-order valence-electron chi connectivity index (χ0n) is 18.2. The third kappa shape index (κ3) is 6.31. The maximum atomic E-state index is 13.8. The summed E-state index contributed by atoms with van der Waals surface area (Å²) in [7, 11) is 0. The topological polar surface area (TPSA) is 59.8 Å². The molecule has 0 radical (unpaired) electrons. The van der Waals surface area contributed by atoms with Crippen LogP contribution in [0.4, 0.5) is 4.39 Å². The smallest absolute Gasteiger partial charge is 0.165 e. The fraction of sp³-hybridized carbons (Fsp3) is 0.400. The van der Waals surface area contributed by atoms with Crippen molar-refractivity contribution in [3.8, 4) is 11.5 Å². The van der Waals surface area contributed by atoms with Gasteiger partial charge < -0.3 is 14.6 Å². The molecule has 1 aliphatic heterocycles. The molecule has 0 aliphatic carbocycles. The Kier molecular flexibility index (Phi) is 7.39. The van der Waals surface area contributed by atoms with Gasteiger partial charge in [-0.15, -0.1) is 0 Å². The molecule has 3 aromatic rings. The number of rotatable bonds is 9. The Hall–Kier alpha value is -2.90. The first-order valence-electron chi connectivity index (χ1n) is 11.1. The van der Waals surface area contributed by atoms with E-state index in [1.807, 2.05) is 29.1 Å². The Bertz CT molecular complexity index is 982. The molecule has 0 saturated carbocycles. The molecule has 1 saturated heterocycles. The van der Waals surface area contributed by atoms with E-state index in [9.17, 15) is 9.50 Å². The lowest BCUT2D eigenvalue weighted by molar-refractivity contribution is -0.0177. The van der Waals surface area contributed by atoms with Crippen LogP contribution in [0, 0.1) is 5.82 Å². The number of nitrogens with zero attached hydrogens (tertiary/aromatic N) is 3. The largest absolute Gasteiger partial charge is 0.492 e. The molecule has 0 spiro atoms. The highest BCUT2D eigenvalue weighted by Crippen LogP contribution is 2.26. The van der Waals surface area contributed by atoms with Gasteiger partial charge in [-0.25, -0.2) is 4.39 Å². The van der Waals surface area contributed by atoms with Gasteiger partial charge in [0.25, 0.3) is 0 Å². The molecule has 0 amide bonds. The Morgan fingerprint density at radius 3 is 2.78 bits per heavy atom. The summed E-state index contributed by atoms with van der Waals surface area (Å²) in [5, 5.41) is 15.2. The molecule has 1 aliphatic rings. The summed E-state index contributed by atoms with van der Waals surface area (Å²) in [6, 6.07) is 16.3. The van der Waals surface area contributed by atoms with Crippen molar-refractivity contribution in [2.24, 2.45) is 0 Å². The zero-order valence-corrected chi connectivity index (χ0v) is 18.2. The maximum Gasteiger partial charge on any atom is 0.165 e. The number of benzene rings is 2. The summed E-state index contributed by atoms with van der Waals surface area (Å²) in [6.07, 6.45) is 5.75. The first-order chi connectivity index (χ1) is 15.6. The number of likely N-dealkylation sites (tertiary alicyclic amines) is 1. The minimum atomic E-state index is -0.950. The molecule has 1 aromatic heterocycles. The number of hydrogen-bond donors (Lipinski definition) is 1. The van der Waals surface area contributed by atoms with Crippen LogP contribution in [0.1, 0.15) is 24.8 Å². The van der Waals surface area contributed by atoms with Gasteiger partial charge in [-0.1, -0.05) is 24.3 Å². The third-order valence-corrected chi connectivity index (χ3v) is 5.80. The highest BCUT2D eigenvalue weighted by Gasteiger charge is 2.31. The van der Waals surface area contributed by atoms with Crippen LogP contribution in [-0.2, 0) is 13.1 Å². The molecule has 2 heterocycles. The molecule has 1 unspecified atom stereocenters. The second kappa shape index (κ2) is 10.6. The normalized spacial score (nSPS) is 19.4. The average molecular weight is 440 g/mol. The molecule has 1 atom stereocenters. The zero-order chi connectivity index (χ0) is 22.2. The minimum Gasteiger partial charge on any atom is -0.492 e. The number of ether oxygens (including phenoxy) is 2. The molecule has 6 nitrogen and oxygen atoms in total. The molecule has 1 fully saturated rings. The van der Waals surface area contributed by atoms with E-state index in [4.69, 9.17) is 9.47 Å². The van der Waals surface area contributed by atoms with Gasteiger partial charge >= 0.3 is 0 Å². The molecule has 170 valence electrons. The van der Waals surface area contributed by atoms with Crippen molar-refractivity contribution in [2.45, 2.75) is 38.0 Å². The molecule has 4 rings (SSSR count). The minimum absolute atomic E-state index is 0.0986. The summed E-state index contributed by atoms with van der Waals surface area (Å²) in [5.41, 5.74) is 0.226. The van der Waals surface area contributed by atoms with Crippen molar-refractivity contribution in [1.29, 1.82) is 0 Å². The van der Waals surface area contributed by atoms with Crippen LogP contribution in [0.25, 0.3) is 0 Å². The van der Waals surface area contributed by atoms with Crippen LogP contribution >= 0.6 is 0 Å². The van der Waals surface area contributed by atoms with Gasteiger partial charge in [-0.05, 0) is 61.7 Å². The summed E-state index contributed by atoms with van der Waals surface area (Å²) in [6.45, 7) is 3.80. The van der Waals surface area contributed by atoms with Crippen molar-refractivity contribution in [3.05, 3.63) is 78.4 Å². The first kappa shape index (κ1) is 22.3. The molecule has 1 N–H and O–H groups in total. The van der Waals surface area contributed by atoms with E-state index in [-0.39, 0.29) is 12.4 Å². The number of hydrogen-bond acceptors (Lipinski definition) is 5. The quantitative estimate of drug-likeness (QED) is 0.548. The van der Waals surface area contributed by atoms with E-state index < -0.39 is 11.4 Å². The summed E-state index contributed by atoms with van der Waals surface area (Å²) >= 11 is 0. The van der Waals surface area contributed by atoms with E-state index in [1.165, 1.54) is 11.6 Å². The van der Waals surface area contributed by atoms with Crippen molar-refractivity contribution >= 4 is 0 Å². The van der Waals surface area contributed by atoms with Crippen LogP contribution in [0.3, 0.4) is 0 Å². The SMILES string of the molecule is OC1(COc2ccccc2F)CCCN(Cc2cccc(OCCn3cccn3)c2)CC1. The van der Waals surface area contributed by atoms with Gasteiger partial charge in [-0.3, -0.25) is 9.58 Å². The molecule has 2 aromatic carbocycles. The van der Waals surface area contributed by atoms with Crippen LogP contribution in [0.2, 0.25) is 0 Å². The molecule has 32 heavy (non-hydrogen) atoms. The second-order valence-electron chi connectivity index (χ2n) is 8.34. The number of aliphatic hydroxyl groups is 1. The van der Waals surface area contributed by atoms with E-state index in [0.717, 1.165) is 31.8 Å². The van der Waals surface area contributed by atoms with E-state index in [0.29, 0.717) is 26.0 Å². The van der Waals surface area contributed by atoms with Crippen LogP contribution in [-0.4, -0.2) is 51.7 Å². The van der Waals surface area contributed by atoms with Crippen molar-refractivity contribution in [2.75, 3.05) is 26.3 Å². The van der Waals surface area contributed by atoms with E-state index in [2.05, 4.69) is 22.1 Å². The van der Waals surface area contributed by atoms with Crippen LogP contribution in [0.5, 0.6) is 11.5 Å². The van der Waals surface area contributed by atoms with Gasteiger partial charge in [0.05, 0.1) is 12.1 Å². The van der Waals surface area contributed by atoms with Gasteiger partial charge in [0.2, 0.25) is 0 Å². The van der Waals surface area contributed by atoms with Crippen LogP contribution < -0.4 is 9.47 Å². The van der Waals surface area contributed by atoms with Crippen molar-refractivity contribution in [1.82, 2.24) is 14.7 Å². The molecule has 0 bridgehead atoms. The fourth-order valence-electron chi connectivity index (χ4n) is 3.99. The predicted octanol–water partition coefficient (Wildman–Crippen LogP) is 3.90. The molecular formula is C25H30FN3O3. The van der Waals surface area contributed by atoms with Crippen molar-refractivity contribution < 1.29 is 19.0 Å². The average Bonchev–Trinajstić information content (AvgIpc) is 3.24. The Labute approximate surface area is 188 Å². The highest BCUT2D eigenvalue weighted by molar-refractivity contribution is 5.28. The lowest BCUT2D eigenvalue weighted by atomic mass is 9.96. The molecule has 7 heteroatoms. The first-order valence-corrected chi connectivity index (χ1v) is 11.1. The maximum absolute atomic E-state index is 13.8. The lowest BCUT2D eigenvalue weighted by Crippen LogP contribution is -2.37. The van der Waals surface area contributed by atoms with E-state index >= 15 is 0 Å². The van der Waals surface area contributed by atoms with Gasteiger partial charge in [0.15, 0.2) is 11.6 Å². The highest BCUT2D eigenvalue weighted by atomic mass is 19.1. The monoisotopic (exact) mass is 439 g/mol. The lowest BCUT2D eigenvalue weighted by Gasteiger charge is -2.27. The summed E-state index contributed by atoms with van der Waals surface area (Å²) < 4.78 is 27.1. The van der Waals surface area contributed by atoms with Gasteiger partial charge in [0.1, 0.15) is 19.0 Å². The summed E-state index contributed by atoms with van der Waals surface area (Å²) in [4.78, 5) is 2.34. The predicted molar refractivity (Wildman–Crippen MR) is 120 cm³/mol. The Morgan fingerprint density at radius 2 is 1.94 bits per heavy atom. The number of aromatic nitrogens is 2. The standard InChI is InChI=1S/C25H30FN3O3/c26-23-8-1-2-9-24(23)32-20-25(30)10-4-13-28(15-11-25)19-21-6-3-7-22(18-21)31-17-16-29-14-5-12-27-29/h1-3,5-9,12,14,18,30H,4,10-11,13,15-17,19-20H2. The molecular weight excluding hydrogens is 409 g/mol.